The number of hydrogen-bond acceptors (Lipinski definition) is 5. The standard InChI is InChI=1S/C50H32N4O/c1-4-13-33(14-5-1)41-32-44(36-27-29-51-30-28-36)42(34-15-6-2-7-16-34)31-43(41)35-23-25-38(26-24-35)49-52-48(37-17-8-3-9-18-37)53-50(54-49)40-20-12-22-46-47(40)39-19-10-11-21-45(39)55-46/h1-32H. The first-order chi connectivity index (χ1) is 27.3. The lowest BCUT2D eigenvalue weighted by Crippen LogP contribution is -2.00. The molecule has 55 heavy (non-hydrogen) atoms. The van der Waals surface area contributed by atoms with Crippen molar-refractivity contribution in [1.29, 1.82) is 0 Å². The van der Waals surface area contributed by atoms with E-state index in [1.807, 2.05) is 73.1 Å². The third-order valence-corrected chi connectivity index (χ3v) is 10.1. The molecule has 0 spiro atoms. The van der Waals surface area contributed by atoms with Crippen LogP contribution in [0, 0.1) is 0 Å². The first-order valence-electron chi connectivity index (χ1n) is 18.3. The van der Waals surface area contributed by atoms with Gasteiger partial charge in [-0.2, -0.15) is 0 Å². The average Bonchev–Trinajstić information content (AvgIpc) is 3.66. The molecule has 0 bridgehead atoms. The molecular weight excluding hydrogens is 673 g/mol. The predicted octanol–water partition coefficient (Wildman–Crippen LogP) is 12.8. The molecule has 5 heteroatoms. The summed E-state index contributed by atoms with van der Waals surface area (Å²) in [6, 6.07) is 62.8. The van der Waals surface area contributed by atoms with E-state index in [4.69, 9.17) is 19.4 Å². The topological polar surface area (TPSA) is 64.7 Å². The first-order valence-corrected chi connectivity index (χ1v) is 18.3. The van der Waals surface area contributed by atoms with E-state index in [1.54, 1.807) is 0 Å². The van der Waals surface area contributed by atoms with Gasteiger partial charge in [0.2, 0.25) is 0 Å². The molecule has 0 unspecified atom stereocenters. The molecule has 0 aliphatic rings. The lowest BCUT2D eigenvalue weighted by Gasteiger charge is -2.18. The Morgan fingerprint density at radius 2 is 0.745 bits per heavy atom. The van der Waals surface area contributed by atoms with Gasteiger partial charge in [-0.1, -0.05) is 146 Å². The van der Waals surface area contributed by atoms with E-state index in [0.717, 1.165) is 83.1 Å². The SMILES string of the molecule is c1ccc(-c2nc(-c3ccc(-c4cc(-c5ccccc5)c(-c5ccncc5)cc4-c4ccccc4)cc3)nc(-c3cccc4oc5ccccc5c34)n2)cc1. The molecule has 0 saturated carbocycles. The first kappa shape index (κ1) is 32.2. The summed E-state index contributed by atoms with van der Waals surface area (Å²) < 4.78 is 6.24. The van der Waals surface area contributed by atoms with Crippen LogP contribution in [0.5, 0.6) is 0 Å². The van der Waals surface area contributed by atoms with Gasteiger partial charge in [-0.05, 0) is 80.9 Å². The van der Waals surface area contributed by atoms with Crippen LogP contribution in [-0.2, 0) is 0 Å². The van der Waals surface area contributed by atoms with Crippen molar-refractivity contribution in [3.05, 3.63) is 194 Å². The normalized spacial score (nSPS) is 11.3. The second-order valence-corrected chi connectivity index (χ2v) is 13.4. The lowest BCUT2D eigenvalue weighted by atomic mass is 9.85. The van der Waals surface area contributed by atoms with Crippen molar-refractivity contribution >= 4 is 21.9 Å². The van der Waals surface area contributed by atoms with E-state index < -0.39 is 0 Å². The van der Waals surface area contributed by atoms with Crippen LogP contribution in [-0.4, -0.2) is 19.9 Å². The molecular formula is C50H32N4O. The van der Waals surface area contributed by atoms with Gasteiger partial charge >= 0.3 is 0 Å². The van der Waals surface area contributed by atoms with Gasteiger partial charge in [0, 0.05) is 39.9 Å². The molecule has 3 aromatic heterocycles. The summed E-state index contributed by atoms with van der Waals surface area (Å²) in [4.78, 5) is 19.5. The van der Waals surface area contributed by atoms with Crippen LogP contribution < -0.4 is 0 Å². The van der Waals surface area contributed by atoms with Gasteiger partial charge in [0.25, 0.3) is 0 Å². The molecule has 0 atom stereocenters. The third kappa shape index (κ3) is 6.04. The van der Waals surface area contributed by atoms with Crippen molar-refractivity contribution in [3.8, 4) is 78.7 Å². The fourth-order valence-electron chi connectivity index (χ4n) is 7.42. The van der Waals surface area contributed by atoms with Crippen molar-refractivity contribution in [3.63, 3.8) is 0 Å². The van der Waals surface area contributed by atoms with Gasteiger partial charge in [-0.3, -0.25) is 4.98 Å². The van der Waals surface area contributed by atoms with E-state index >= 15 is 0 Å². The van der Waals surface area contributed by atoms with Crippen molar-refractivity contribution in [2.45, 2.75) is 0 Å². The summed E-state index contributed by atoms with van der Waals surface area (Å²) in [6.07, 6.45) is 3.71. The fraction of sp³-hybridized carbons (Fsp3) is 0. The third-order valence-electron chi connectivity index (χ3n) is 10.1. The highest BCUT2D eigenvalue weighted by atomic mass is 16.3. The Kier molecular flexibility index (Phi) is 8.08. The number of pyridine rings is 1. The second-order valence-electron chi connectivity index (χ2n) is 13.4. The zero-order valence-electron chi connectivity index (χ0n) is 29.7. The predicted molar refractivity (Wildman–Crippen MR) is 223 cm³/mol. The van der Waals surface area contributed by atoms with Crippen molar-refractivity contribution < 1.29 is 4.42 Å². The number of hydrogen-bond donors (Lipinski definition) is 0. The number of para-hydroxylation sites is 1. The zero-order valence-corrected chi connectivity index (χ0v) is 29.7. The largest absolute Gasteiger partial charge is 0.456 e. The minimum absolute atomic E-state index is 0.593. The minimum atomic E-state index is 0.593. The number of benzene rings is 7. The Morgan fingerprint density at radius 1 is 0.309 bits per heavy atom. The van der Waals surface area contributed by atoms with Gasteiger partial charge in [0.05, 0.1) is 0 Å². The maximum atomic E-state index is 6.24. The summed E-state index contributed by atoms with van der Waals surface area (Å²) in [5.41, 5.74) is 13.4. The molecule has 7 aromatic carbocycles. The summed E-state index contributed by atoms with van der Waals surface area (Å²) >= 11 is 0. The Morgan fingerprint density at radius 3 is 1.35 bits per heavy atom. The lowest BCUT2D eigenvalue weighted by molar-refractivity contribution is 0.669. The molecule has 10 aromatic rings. The minimum Gasteiger partial charge on any atom is -0.456 e. The molecule has 0 N–H and O–H groups in total. The van der Waals surface area contributed by atoms with Gasteiger partial charge in [0.15, 0.2) is 17.5 Å². The van der Waals surface area contributed by atoms with E-state index in [2.05, 4.69) is 126 Å². The van der Waals surface area contributed by atoms with Crippen molar-refractivity contribution in [2.75, 3.05) is 0 Å². The monoisotopic (exact) mass is 704 g/mol. The van der Waals surface area contributed by atoms with Crippen LogP contribution in [0.25, 0.3) is 101 Å². The molecule has 0 fully saturated rings. The maximum absolute atomic E-state index is 6.24. The van der Waals surface area contributed by atoms with Crippen LogP contribution in [0.3, 0.4) is 0 Å². The van der Waals surface area contributed by atoms with Crippen LogP contribution in [0.15, 0.2) is 199 Å². The summed E-state index contributed by atoms with van der Waals surface area (Å²) in [7, 11) is 0. The molecule has 0 saturated heterocycles. The molecule has 5 nitrogen and oxygen atoms in total. The number of furan rings is 1. The van der Waals surface area contributed by atoms with Crippen LogP contribution >= 0.6 is 0 Å². The summed E-state index contributed by atoms with van der Waals surface area (Å²) in [5, 5.41) is 2.02. The summed E-state index contributed by atoms with van der Waals surface area (Å²) in [6.45, 7) is 0. The zero-order chi connectivity index (χ0) is 36.6. The van der Waals surface area contributed by atoms with Gasteiger partial charge < -0.3 is 4.42 Å². The Labute approximate surface area is 318 Å². The quantitative estimate of drug-likeness (QED) is 0.165. The number of nitrogens with zero attached hydrogens (tertiary/aromatic N) is 4. The van der Waals surface area contributed by atoms with Gasteiger partial charge in [-0.15, -0.1) is 0 Å². The van der Waals surface area contributed by atoms with Crippen LogP contribution in [0.2, 0.25) is 0 Å². The molecule has 0 amide bonds. The van der Waals surface area contributed by atoms with Gasteiger partial charge in [-0.25, -0.2) is 15.0 Å². The maximum Gasteiger partial charge on any atom is 0.164 e. The fourth-order valence-corrected chi connectivity index (χ4v) is 7.42. The highest BCUT2D eigenvalue weighted by Gasteiger charge is 2.19. The second kappa shape index (κ2) is 13.8. The average molecular weight is 705 g/mol. The van der Waals surface area contributed by atoms with Gasteiger partial charge in [0.1, 0.15) is 11.2 Å². The Balaban J connectivity index is 1.14. The number of rotatable bonds is 7. The molecule has 0 aliphatic carbocycles. The number of aromatic nitrogens is 4. The summed E-state index contributed by atoms with van der Waals surface area (Å²) in [5.74, 6) is 1.80. The van der Waals surface area contributed by atoms with Crippen LogP contribution in [0.4, 0.5) is 0 Å². The number of fused-ring (bicyclic) bond motifs is 3. The van der Waals surface area contributed by atoms with E-state index in [-0.39, 0.29) is 0 Å². The van der Waals surface area contributed by atoms with Crippen LogP contribution in [0.1, 0.15) is 0 Å². The smallest absolute Gasteiger partial charge is 0.164 e. The molecule has 0 aliphatic heterocycles. The van der Waals surface area contributed by atoms with Crippen molar-refractivity contribution in [1.82, 2.24) is 19.9 Å². The van der Waals surface area contributed by atoms with E-state index in [9.17, 15) is 0 Å². The molecule has 3 heterocycles. The molecule has 0 radical (unpaired) electrons. The highest BCUT2D eigenvalue weighted by Crippen LogP contribution is 2.43. The van der Waals surface area contributed by atoms with E-state index in [0.29, 0.717) is 17.5 Å². The van der Waals surface area contributed by atoms with E-state index in [1.165, 1.54) is 0 Å². The Bertz CT molecular complexity index is 2940. The highest BCUT2D eigenvalue weighted by molar-refractivity contribution is 6.11. The van der Waals surface area contributed by atoms with Crippen molar-refractivity contribution in [2.24, 2.45) is 0 Å². The molecule has 10 rings (SSSR count). The Hall–Kier alpha value is -7.50. The molecule has 258 valence electrons.